The third kappa shape index (κ3) is 10.9. The Morgan fingerprint density at radius 3 is 1.42 bits per heavy atom. The average molecular weight is 446 g/mol. The van der Waals surface area contributed by atoms with Gasteiger partial charge < -0.3 is 37.0 Å². The summed E-state index contributed by atoms with van der Waals surface area (Å²) in [6.07, 6.45) is -1.65. The van der Waals surface area contributed by atoms with Crippen LogP contribution in [0.4, 0.5) is 0 Å². The van der Waals surface area contributed by atoms with Gasteiger partial charge in [0.15, 0.2) is 0 Å². The van der Waals surface area contributed by atoms with Crippen molar-refractivity contribution in [2.24, 2.45) is 11.7 Å². The van der Waals surface area contributed by atoms with E-state index in [-0.39, 0.29) is 12.8 Å². The molecule has 0 radical (unpaired) electrons. The number of nitrogens with two attached hydrogens (primary N) is 1. The number of nitrogens with one attached hydrogen (secondary N) is 3. The lowest BCUT2D eigenvalue weighted by Gasteiger charge is -2.25. The van der Waals surface area contributed by atoms with Crippen LogP contribution >= 0.6 is 0 Å². The molecule has 0 aromatic heterocycles. The normalized spacial score (nSPS) is 14.6. The molecule has 0 saturated heterocycles. The summed E-state index contributed by atoms with van der Waals surface area (Å²) in [5.74, 6) is -6.88. The van der Waals surface area contributed by atoms with Crippen molar-refractivity contribution in [3.8, 4) is 0 Å². The number of carbonyl (C=O) groups is 6. The molecule has 0 bridgehead atoms. The van der Waals surface area contributed by atoms with Gasteiger partial charge in [-0.15, -0.1) is 0 Å². The Morgan fingerprint density at radius 2 is 1.10 bits per heavy atom. The van der Waals surface area contributed by atoms with E-state index in [1.54, 1.807) is 13.8 Å². The Morgan fingerprint density at radius 1 is 0.710 bits per heavy atom. The van der Waals surface area contributed by atoms with Gasteiger partial charge in [0.05, 0.1) is 6.04 Å². The number of carboxylic acids is 3. The van der Waals surface area contributed by atoms with E-state index in [1.807, 2.05) is 0 Å². The van der Waals surface area contributed by atoms with Crippen LogP contribution < -0.4 is 21.7 Å². The lowest BCUT2D eigenvalue weighted by molar-refractivity contribution is -0.144. The summed E-state index contributed by atoms with van der Waals surface area (Å²) in [6.45, 7) is 4.45. The number of hydrogen-bond donors (Lipinski definition) is 7. The molecule has 176 valence electrons. The van der Waals surface area contributed by atoms with Crippen LogP contribution in [0.2, 0.25) is 0 Å². The molecule has 0 saturated carbocycles. The minimum atomic E-state index is -1.43. The first-order valence-electron chi connectivity index (χ1n) is 9.59. The molecular weight excluding hydrogens is 416 g/mol. The summed E-state index contributed by atoms with van der Waals surface area (Å²) in [4.78, 5) is 70.1. The van der Waals surface area contributed by atoms with Crippen LogP contribution in [-0.2, 0) is 28.8 Å². The largest absolute Gasteiger partial charge is 0.481 e. The topological polar surface area (TPSA) is 225 Å². The van der Waals surface area contributed by atoms with Gasteiger partial charge in [-0.25, -0.2) is 4.79 Å². The zero-order chi connectivity index (χ0) is 24.3. The van der Waals surface area contributed by atoms with Crippen molar-refractivity contribution in [2.45, 2.75) is 70.6 Å². The highest BCUT2D eigenvalue weighted by Crippen LogP contribution is 2.07. The van der Waals surface area contributed by atoms with Gasteiger partial charge in [-0.3, -0.25) is 24.0 Å². The van der Waals surface area contributed by atoms with Gasteiger partial charge >= 0.3 is 17.9 Å². The van der Waals surface area contributed by atoms with Crippen LogP contribution in [0.1, 0.15) is 46.5 Å². The summed E-state index contributed by atoms with van der Waals surface area (Å²) < 4.78 is 0. The Kier molecular flexibility index (Phi) is 11.8. The highest BCUT2D eigenvalue weighted by molar-refractivity contribution is 5.94. The van der Waals surface area contributed by atoms with Crippen molar-refractivity contribution >= 4 is 35.6 Å². The quantitative estimate of drug-likeness (QED) is 0.159. The zero-order valence-corrected chi connectivity index (χ0v) is 17.6. The second kappa shape index (κ2) is 13.2. The number of aliphatic carboxylic acids is 3. The standard InChI is InChI=1S/C18H30N4O9/c1-8(2)14(18(30)31)22-17(29)11(5-7-13(25)26)21-16(28)10(4-6-12(23)24)20-15(27)9(3)19/h8-11,14H,4-7,19H2,1-3H3,(H,20,27)(H,21,28)(H,22,29)(H,23,24)(H,25,26)(H,30,31). The van der Waals surface area contributed by atoms with Crippen molar-refractivity contribution in [1.82, 2.24) is 16.0 Å². The number of carbonyl (C=O) groups excluding carboxylic acids is 3. The Labute approximate surface area is 178 Å². The van der Waals surface area contributed by atoms with E-state index < -0.39 is 78.6 Å². The minimum absolute atomic E-state index is 0.309. The Hall–Kier alpha value is -3.22. The third-order valence-electron chi connectivity index (χ3n) is 4.20. The third-order valence-corrected chi connectivity index (χ3v) is 4.20. The zero-order valence-electron chi connectivity index (χ0n) is 17.6. The van der Waals surface area contributed by atoms with Gasteiger partial charge in [0.25, 0.3) is 0 Å². The van der Waals surface area contributed by atoms with Gasteiger partial charge in [-0.2, -0.15) is 0 Å². The molecule has 0 aliphatic rings. The Bertz CT molecular complexity index is 694. The summed E-state index contributed by atoms with van der Waals surface area (Å²) in [5.41, 5.74) is 5.44. The van der Waals surface area contributed by atoms with Crippen molar-refractivity contribution in [1.29, 1.82) is 0 Å². The molecular formula is C18H30N4O9. The fraction of sp³-hybridized carbons (Fsp3) is 0.667. The molecule has 0 aliphatic carbocycles. The van der Waals surface area contributed by atoms with E-state index in [2.05, 4.69) is 16.0 Å². The highest BCUT2D eigenvalue weighted by Gasteiger charge is 2.31. The van der Waals surface area contributed by atoms with Crippen molar-refractivity contribution < 1.29 is 44.1 Å². The van der Waals surface area contributed by atoms with Crippen LogP contribution in [0, 0.1) is 5.92 Å². The van der Waals surface area contributed by atoms with Crippen LogP contribution in [0.5, 0.6) is 0 Å². The SMILES string of the molecule is CC(N)C(=O)NC(CCC(=O)O)C(=O)NC(CCC(=O)O)C(=O)NC(C(=O)O)C(C)C. The molecule has 4 atom stereocenters. The first kappa shape index (κ1) is 27.8. The van der Waals surface area contributed by atoms with E-state index >= 15 is 0 Å². The molecule has 0 aromatic rings. The number of amides is 3. The number of rotatable bonds is 14. The molecule has 0 rings (SSSR count). The van der Waals surface area contributed by atoms with E-state index in [1.165, 1.54) is 6.92 Å². The molecule has 0 spiro atoms. The number of hydrogen-bond acceptors (Lipinski definition) is 7. The minimum Gasteiger partial charge on any atom is -0.481 e. The van der Waals surface area contributed by atoms with Gasteiger partial charge in [-0.05, 0) is 25.7 Å². The maximum atomic E-state index is 12.6. The lowest BCUT2D eigenvalue weighted by atomic mass is 10.0. The van der Waals surface area contributed by atoms with E-state index in [0.29, 0.717) is 0 Å². The predicted molar refractivity (Wildman–Crippen MR) is 106 cm³/mol. The number of carboxylic acid groups (broad SMARTS) is 3. The van der Waals surface area contributed by atoms with E-state index in [9.17, 15) is 33.9 Å². The Balaban J connectivity index is 5.53. The van der Waals surface area contributed by atoms with Crippen molar-refractivity contribution in [3.63, 3.8) is 0 Å². The molecule has 13 heteroatoms. The molecule has 0 aromatic carbocycles. The molecule has 31 heavy (non-hydrogen) atoms. The molecule has 3 amide bonds. The van der Waals surface area contributed by atoms with E-state index in [0.717, 1.165) is 0 Å². The van der Waals surface area contributed by atoms with Gasteiger partial charge in [0.1, 0.15) is 18.1 Å². The van der Waals surface area contributed by atoms with Gasteiger partial charge in [-0.1, -0.05) is 13.8 Å². The first-order valence-corrected chi connectivity index (χ1v) is 9.59. The molecule has 4 unspecified atom stereocenters. The molecule has 0 heterocycles. The molecule has 8 N–H and O–H groups in total. The van der Waals surface area contributed by atoms with Crippen LogP contribution in [-0.4, -0.2) is 75.1 Å². The van der Waals surface area contributed by atoms with Crippen molar-refractivity contribution in [3.05, 3.63) is 0 Å². The smallest absolute Gasteiger partial charge is 0.326 e. The predicted octanol–water partition coefficient (Wildman–Crippen LogP) is -1.74. The lowest BCUT2D eigenvalue weighted by Crippen LogP contribution is -2.57. The van der Waals surface area contributed by atoms with E-state index in [4.69, 9.17) is 15.9 Å². The second-order valence-corrected chi connectivity index (χ2v) is 7.34. The summed E-state index contributed by atoms with van der Waals surface area (Å²) in [6, 6.07) is -5.05. The van der Waals surface area contributed by atoms with Crippen LogP contribution in [0.25, 0.3) is 0 Å². The fourth-order valence-corrected chi connectivity index (χ4v) is 2.42. The molecule has 0 fully saturated rings. The van der Waals surface area contributed by atoms with Crippen LogP contribution in [0.3, 0.4) is 0 Å². The summed E-state index contributed by atoms with van der Waals surface area (Å²) in [7, 11) is 0. The maximum Gasteiger partial charge on any atom is 0.326 e. The van der Waals surface area contributed by atoms with Crippen LogP contribution in [0.15, 0.2) is 0 Å². The maximum absolute atomic E-state index is 12.6. The van der Waals surface area contributed by atoms with Gasteiger partial charge in [0.2, 0.25) is 17.7 Å². The van der Waals surface area contributed by atoms with Crippen molar-refractivity contribution in [2.75, 3.05) is 0 Å². The molecule has 0 aliphatic heterocycles. The second-order valence-electron chi connectivity index (χ2n) is 7.34. The molecule has 13 nitrogen and oxygen atoms in total. The average Bonchev–Trinajstić information content (AvgIpc) is 2.64. The first-order chi connectivity index (χ1) is 14.3. The van der Waals surface area contributed by atoms with Gasteiger partial charge in [0, 0.05) is 12.8 Å². The highest BCUT2D eigenvalue weighted by atomic mass is 16.4. The summed E-state index contributed by atoms with van der Waals surface area (Å²) >= 11 is 0. The monoisotopic (exact) mass is 446 g/mol. The fourth-order valence-electron chi connectivity index (χ4n) is 2.42. The summed E-state index contributed by atoms with van der Waals surface area (Å²) in [5, 5.41) is 33.8.